The molecule has 2 nitrogen and oxygen atoms in total. The average Bonchev–Trinajstić information content (AvgIpc) is 2.39. The molecule has 3 atom stereocenters. The first kappa shape index (κ1) is 13.3. The number of hydrogen-bond donors (Lipinski definition) is 1. The Morgan fingerprint density at radius 1 is 1.39 bits per heavy atom. The predicted molar refractivity (Wildman–Crippen MR) is 71.3 cm³/mol. The fourth-order valence-corrected chi connectivity index (χ4v) is 2.95. The first-order chi connectivity index (χ1) is 8.65. The van der Waals surface area contributed by atoms with E-state index in [1.807, 2.05) is 12.1 Å². The fraction of sp³-hybridized carbons (Fsp3) is 0.600. The van der Waals surface area contributed by atoms with Crippen LogP contribution < -0.4 is 10.5 Å². The van der Waals surface area contributed by atoms with Crippen molar-refractivity contribution < 1.29 is 9.13 Å². The van der Waals surface area contributed by atoms with Gasteiger partial charge >= 0.3 is 0 Å². The minimum absolute atomic E-state index is 0.0793. The summed E-state index contributed by atoms with van der Waals surface area (Å²) < 4.78 is 19.1. The zero-order valence-electron chi connectivity index (χ0n) is 11.2. The molecular weight excluding hydrogens is 229 g/mol. The summed E-state index contributed by atoms with van der Waals surface area (Å²) in [5.41, 5.74) is 6.92. The Hall–Kier alpha value is -1.09. The van der Waals surface area contributed by atoms with Gasteiger partial charge in [0, 0.05) is 18.0 Å². The summed E-state index contributed by atoms with van der Waals surface area (Å²) >= 11 is 0. The van der Waals surface area contributed by atoms with Crippen LogP contribution in [0.15, 0.2) is 18.2 Å². The van der Waals surface area contributed by atoms with E-state index in [4.69, 9.17) is 10.5 Å². The number of benzene rings is 1. The molecule has 3 unspecified atom stereocenters. The smallest absolute Gasteiger partial charge is 0.130 e. The maximum atomic E-state index is 14.1. The van der Waals surface area contributed by atoms with Crippen molar-refractivity contribution >= 4 is 0 Å². The molecule has 2 N–H and O–H groups in total. The second kappa shape index (κ2) is 5.70. The SMILES string of the molecule is CCC1CCC(N)C(c2ccc(OC)cc2F)C1. The van der Waals surface area contributed by atoms with Gasteiger partial charge in [0.2, 0.25) is 0 Å². The van der Waals surface area contributed by atoms with Crippen LogP contribution in [0.1, 0.15) is 44.1 Å². The monoisotopic (exact) mass is 251 g/mol. The molecule has 0 spiro atoms. The van der Waals surface area contributed by atoms with E-state index in [0.29, 0.717) is 11.7 Å². The molecule has 1 aromatic rings. The van der Waals surface area contributed by atoms with Gasteiger partial charge in [-0.15, -0.1) is 0 Å². The Morgan fingerprint density at radius 2 is 2.17 bits per heavy atom. The largest absolute Gasteiger partial charge is 0.497 e. The summed E-state index contributed by atoms with van der Waals surface area (Å²) in [4.78, 5) is 0. The summed E-state index contributed by atoms with van der Waals surface area (Å²) in [5.74, 6) is 1.20. The lowest BCUT2D eigenvalue weighted by Crippen LogP contribution is -2.34. The molecule has 0 saturated heterocycles. The Morgan fingerprint density at radius 3 is 2.78 bits per heavy atom. The van der Waals surface area contributed by atoms with Crippen molar-refractivity contribution in [3.63, 3.8) is 0 Å². The molecule has 0 bridgehead atoms. The van der Waals surface area contributed by atoms with E-state index in [2.05, 4.69) is 6.92 Å². The highest BCUT2D eigenvalue weighted by atomic mass is 19.1. The number of nitrogens with two attached hydrogens (primary N) is 1. The molecule has 0 amide bonds. The lowest BCUT2D eigenvalue weighted by Gasteiger charge is -2.34. The van der Waals surface area contributed by atoms with E-state index in [0.717, 1.165) is 24.8 Å². The molecule has 3 heteroatoms. The predicted octanol–water partition coefficient (Wildman–Crippen LogP) is 3.46. The number of rotatable bonds is 3. The van der Waals surface area contributed by atoms with Crippen molar-refractivity contribution in [2.45, 2.75) is 44.6 Å². The van der Waals surface area contributed by atoms with Crippen LogP contribution in [0, 0.1) is 11.7 Å². The van der Waals surface area contributed by atoms with E-state index in [1.54, 1.807) is 7.11 Å². The summed E-state index contributed by atoms with van der Waals surface area (Å²) in [6.07, 6.45) is 4.32. The van der Waals surface area contributed by atoms with Gasteiger partial charge in [0.1, 0.15) is 11.6 Å². The Bertz CT molecular complexity index is 407. The second-order valence-corrected chi connectivity index (χ2v) is 5.25. The molecule has 100 valence electrons. The average molecular weight is 251 g/mol. The highest BCUT2D eigenvalue weighted by Gasteiger charge is 2.30. The number of hydrogen-bond acceptors (Lipinski definition) is 2. The number of halogens is 1. The lowest BCUT2D eigenvalue weighted by atomic mass is 9.74. The standard InChI is InChI=1S/C15H22FNO/c1-3-10-4-7-15(17)13(8-10)12-6-5-11(18-2)9-14(12)16/h5-6,9-10,13,15H,3-4,7-8,17H2,1-2H3. The van der Waals surface area contributed by atoms with E-state index in [-0.39, 0.29) is 17.8 Å². The molecular formula is C15H22FNO. The van der Waals surface area contributed by atoms with Crippen LogP contribution in [-0.2, 0) is 0 Å². The van der Waals surface area contributed by atoms with E-state index in [9.17, 15) is 4.39 Å². The maximum absolute atomic E-state index is 14.1. The molecule has 1 aliphatic carbocycles. The zero-order valence-corrected chi connectivity index (χ0v) is 11.2. The van der Waals surface area contributed by atoms with Crippen LogP contribution in [0.25, 0.3) is 0 Å². The van der Waals surface area contributed by atoms with Gasteiger partial charge in [-0.1, -0.05) is 19.4 Å². The molecule has 18 heavy (non-hydrogen) atoms. The van der Waals surface area contributed by atoms with Crippen molar-refractivity contribution in [2.75, 3.05) is 7.11 Å². The summed E-state index contributed by atoms with van der Waals surface area (Å²) in [7, 11) is 1.55. The molecule has 1 saturated carbocycles. The number of methoxy groups -OCH3 is 1. The third-order valence-corrected chi connectivity index (χ3v) is 4.20. The second-order valence-electron chi connectivity index (χ2n) is 5.25. The van der Waals surface area contributed by atoms with Gasteiger partial charge in [-0.05, 0) is 36.8 Å². The van der Waals surface area contributed by atoms with Gasteiger partial charge in [0.25, 0.3) is 0 Å². The highest BCUT2D eigenvalue weighted by molar-refractivity contribution is 5.32. The van der Waals surface area contributed by atoms with Crippen LogP contribution in [-0.4, -0.2) is 13.2 Å². The molecule has 0 heterocycles. The Kier molecular flexibility index (Phi) is 4.23. The van der Waals surface area contributed by atoms with Crippen LogP contribution in [0.3, 0.4) is 0 Å². The van der Waals surface area contributed by atoms with E-state index < -0.39 is 0 Å². The van der Waals surface area contributed by atoms with Crippen molar-refractivity contribution in [3.05, 3.63) is 29.6 Å². The van der Waals surface area contributed by atoms with Gasteiger partial charge < -0.3 is 10.5 Å². The van der Waals surface area contributed by atoms with Gasteiger partial charge in [0.15, 0.2) is 0 Å². The van der Waals surface area contributed by atoms with Crippen molar-refractivity contribution in [1.82, 2.24) is 0 Å². The van der Waals surface area contributed by atoms with Gasteiger partial charge in [-0.3, -0.25) is 0 Å². The molecule has 0 aromatic heterocycles. The first-order valence-corrected chi connectivity index (χ1v) is 6.74. The molecule has 0 aliphatic heterocycles. The third-order valence-electron chi connectivity index (χ3n) is 4.20. The van der Waals surface area contributed by atoms with Crippen molar-refractivity contribution in [1.29, 1.82) is 0 Å². The maximum Gasteiger partial charge on any atom is 0.130 e. The summed E-state index contributed by atoms with van der Waals surface area (Å²) in [6, 6.07) is 5.19. The van der Waals surface area contributed by atoms with Crippen molar-refractivity contribution in [3.8, 4) is 5.75 Å². The molecule has 1 aromatic carbocycles. The zero-order chi connectivity index (χ0) is 13.1. The van der Waals surface area contributed by atoms with E-state index in [1.165, 1.54) is 12.5 Å². The molecule has 0 radical (unpaired) electrons. The van der Waals surface area contributed by atoms with Gasteiger partial charge in [-0.25, -0.2) is 4.39 Å². The minimum Gasteiger partial charge on any atom is -0.497 e. The minimum atomic E-state index is -0.188. The fourth-order valence-electron chi connectivity index (χ4n) is 2.95. The Labute approximate surface area is 108 Å². The molecule has 1 fully saturated rings. The number of ether oxygens (including phenoxy) is 1. The van der Waals surface area contributed by atoms with Crippen LogP contribution >= 0.6 is 0 Å². The summed E-state index contributed by atoms with van der Waals surface area (Å²) in [5, 5.41) is 0. The lowest BCUT2D eigenvalue weighted by molar-refractivity contribution is 0.278. The van der Waals surface area contributed by atoms with Crippen LogP contribution in [0.2, 0.25) is 0 Å². The Balaban J connectivity index is 2.23. The topological polar surface area (TPSA) is 35.2 Å². The van der Waals surface area contributed by atoms with E-state index >= 15 is 0 Å². The van der Waals surface area contributed by atoms with Crippen molar-refractivity contribution in [2.24, 2.45) is 11.7 Å². The van der Waals surface area contributed by atoms with Crippen LogP contribution in [0.5, 0.6) is 5.75 Å². The van der Waals surface area contributed by atoms with Gasteiger partial charge in [-0.2, -0.15) is 0 Å². The van der Waals surface area contributed by atoms with Gasteiger partial charge in [0.05, 0.1) is 7.11 Å². The highest BCUT2D eigenvalue weighted by Crippen LogP contribution is 2.38. The summed E-state index contributed by atoms with van der Waals surface area (Å²) in [6.45, 7) is 2.20. The first-order valence-electron chi connectivity index (χ1n) is 6.74. The molecule has 2 rings (SSSR count). The normalized spacial score (nSPS) is 28.1. The molecule has 1 aliphatic rings. The van der Waals surface area contributed by atoms with Crippen LogP contribution in [0.4, 0.5) is 4.39 Å². The third kappa shape index (κ3) is 2.66. The quantitative estimate of drug-likeness (QED) is 0.893.